The van der Waals surface area contributed by atoms with Crippen LogP contribution in [0.15, 0.2) is 36.7 Å². The molecule has 0 amide bonds. The molecule has 3 rings (SSSR count). The summed E-state index contributed by atoms with van der Waals surface area (Å²) >= 11 is 2.64. The first-order valence-electron chi connectivity index (χ1n) is 5.06. The van der Waals surface area contributed by atoms with Crippen LogP contribution in [0.4, 0.5) is 0 Å². The standard InChI is InChI=1S/C12H9IN2OSe/c1-16-9-5-3-2-4-8(9)10-11(13)15-7-6-14-12(15)17-10/h2-7H,1H3. The molecule has 2 aromatic heterocycles. The quantitative estimate of drug-likeness (QED) is 0.486. The maximum atomic E-state index is 5.42. The van der Waals surface area contributed by atoms with Crippen molar-refractivity contribution in [3.05, 3.63) is 40.4 Å². The van der Waals surface area contributed by atoms with Crippen molar-refractivity contribution in [1.82, 2.24) is 9.38 Å². The molecule has 0 fully saturated rings. The van der Waals surface area contributed by atoms with Gasteiger partial charge in [0.15, 0.2) is 0 Å². The first-order chi connectivity index (χ1) is 8.31. The molecule has 0 N–H and O–H groups in total. The second-order valence-electron chi connectivity index (χ2n) is 3.50. The van der Waals surface area contributed by atoms with Crippen LogP contribution in [0.2, 0.25) is 0 Å². The molecule has 0 aliphatic rings. The zero-order valence-electron chi connectivity index (χ0n) is 9.05. The van der Waals surface area contributed by atoms with E-state index in [1.165, 1.54) is 13.7 Å². The van der Waals surface area contributed by atoms with Gasteiger partial charge in [-0.25, -0.2) is 0 Å². The van der Waals surface area contributed by atoms with Crippen molar-refractivity contribution in [2.75, 3.05) is 7.11 Å². The summed E-state index contributed by atoms with van der Waals surface area (Å²) < 4.78 is 11.3. The summed E-state index contributed by atoms with van der Waals surface area (Å²) in [6.07, 6.45) is 3.87. The Labute approximate surface area is 118 Å². The molecule has 1 aromatic carbocycles. The van der Waals surface area contributed by atoms with Crippen molar-refractivity contribution in [3.63, 3.8) is 0 Å². The summed E-state index contributed by atoms with van der Waals surface area (Å²) in [5.74, 6) is 0.935. The van der Waals surface area contributed by atoms with E-state index in [4.69, 9.17) is 4.74 Å². The molecule has 0 saturated carbocycles. The summed E-state index contributed by atoms with van der Waals surface area (Å²) in [6.45, 7) is 0. The zero-order valence-corrected chi connectivity index (χ0v) is 12.9. The Kier molecular flexibility index (Phi) is 2.98. The number of fused-ring (bicyclic) bond motifs is 1. The van der Waals surface area contributed by atoms with E-state index >= 15 is 0 Å². The molecule has 0 saturated heterocycles. The van der Waals surface area contributed by atoms with Gasteiger partial charge in [-0.3, -0.25) is 0 Å². The molecule has 0 unspecified atom stereocenters. The second-order valence-corrected chi connectivity index (χ2v) is 6.57. The van der Waals surface area contributed by atoms with Crippen molar-refractivity contribution in [1.29, 1.82) is 0 Å². The minimum atomic E-state index is 0.259. The number of rotatable bonds is 2. The predicted molar refractivity (Wildman–Crippen MR) is 76.8 cm³/mol. The topological polar surface area (TPSA) is 26.5 Å². The van der Waals surface area contributed by atoms with E-state index in [1.807, 2.05) is 30.6 Å². The molecule has 0 spiro atoms. The van der Waals surface area contributed by atoms with Crippen molar-refractivity contribution in [2.45, 2.75) is 0 Å². The number of para-hydroxylation sites is 1. The number of methoxy groups -OCH3 is 1. The van der Waals surface area contributed by atoms with Gasteiger partial charge in [0.05, 0.1) is 0 Å². The number of imidazole rings is 1. The van der Waals surface area contributed by atoms with Gasteiger partial charge >= 0.3 is 119 Å². The fraction of sp³-hybridized carbons (Fsp3) is 0.0833. The van der Waals surface area contributed by atoms with Crippen LogP contribution in [-0.2, 0) is 0 Å². The molecule has 0 bridgehead atoms. The van der Waals surface area contributed by atoms with Gasteiger partial charge in [-0.2, -0.15) is 0 Å². The SMILES string of the molecule is COc1ccccc1-c1[se]c2nccn2c1I. The molecule has 5 heteroatoms. The Balaban J connectivity index is 2.26. The average molecular weight is 403 g/mol. The van der Waals surface area contributed by atoms with Gasteiger partial charge < -0.3 is 0 Å². The molecule has 0 radical (unpaired) electrons. The Morgan fingerprint density at radius 3 is 2.94 bits per heavy atom. The van der Waals surface area contributed by atoms with Crippen LogP contribution in [-0.4, -0.2) is 31.0 Å². The van der Waals surface area contributed by atoms with Crippen molar-refractivity contribution in [3.8, 4) is 15.8 Å². The molecular weight excluding hydrogens is 394 g/mol. The van der Waals surface area contributed by atoms with Crippen molar-refractivity contribution < 1.29 is 4.74 Å². The Morgan fingerprint density at radius 1 is 1.35 bits per heavy atom. The van der Waals surface area contributed by atoms with E-state index in [-0.39, 0.29) is 14.5 Å². The van der Waals surface area contributed by atoms with Crippen LogP contribution < -0.4 is 4.74 Å². The molecule has 0 aliphatic carbocycles. The van der Waals surface area contributed by atoms with Gasteiger partial charge in [0.25, 0.3) is 0 Å². The molecule has 0 atom stereocenters. The van der Waals surface area contributed by atoms with Gasteiger partial charge in [-0.15, -0.1) is 0 Å². The summed E-state index contributed by atoms with van der Waals surface area (Å²) in [6, 6.07) is 8.16. The van der Waals surface area contributed by atoms with E-state index in [0.717, 1.165) is 10.3 Å². The molecule has 3 nitrogen and oxygen atoms in total. The third-order valence-electron chi connectivity index (χ3n) is 2.55. The number of halogens is 1. The van der Waals surface area contributed by atoms with Gasteiger partial charge in [-0.1, -0.05) is 0 Å². The zero-order chi connectivity index (χ0) is 11.8. The Morgan fingerprint density at radius 2 is 2.18 bits per heavy atom. The number of ether oxygens (including phenoxy) is 1. The maximum absolute atomic E-state index is 5.42. The van der Waals surface area contributed by atoms with Crippen molar-refractivity contribution in [2.24, 2.45) is 0 Å². The van der Waals surface area contributed by atoms with Crippen LogP contribution >= 0.6 is 22.6 Å². The van der Waals surface area contributed by atoms with Crippen molar-refractivity contribution >= 4 is 41.6 Å². The monoisotopic (exact) mass is 404 g/mol. The third kappa shape index (κ3) is 1.82. The Hall–Kier alpha value is -0.781. The first kappa shape index (κ1) is 11.3. The van der Waals surface area contributed by atoms with Crippen LogP contribution in [0.25, 0.3) is 14.5 Å². The van der Waals surface area contributed by atoms with Crippen LogP contribution in [0.3, 0.4) is 0 Å². The van der Waals surface area contributed by atoms with E-state index in [9.17, 15) is 0 Å². The van der Waals surface area contributed by atoms with E-state index in [0.29, 0.717) is 0 Å². The molecule has 17 heavy (non-hydrogen) atoms. The molecular formula is C12H9IN2OSe. The van der Waals surface area contributed by atoms with Gasteiger partial charge in [-0.05, 0) is 0 Å². The van der Waals surface area contributed by atoms with Gasteiger partial charge in [0, 0.05) is 0 Å². The third-order valence-corrected chi connectivity index (χ3v) is 6.74. The van der Waals surface area contributed by atoms with Crippen LogP contribution in [0, 0.1) is 3.70 Å². The predicted octanol–water partition coefficient (Wildman–Crippen LogP) is 2.67. The number of benzene rings is 1. The minimum absolute atomic E-state index is 0.259. The second kappa shape index (κ2) is 4.48. The van der Waals surface area contributed by atoms with E-state index < -0.39 is 0 Å². The summed E-state index contributed by atoms with van der Waals surface area (Å²) in [5, 5.41) is 0. The number of nitrogens with zero attached hydrogens (tertiary/aromatic N) is 2. The molecule has 86 valence electrons. The number of hydrogen-bond acceptors (Lipinski definition) is 2. The Bertz CT molecular complexity index is 674. The van der Waals surface area contributed by atoms with E-state index in [2.05, 4.69) is 38.0 Å². The fourth-order valence-corrected chi connectivity index (χ4v) is 5.49. The number of aromatic nitrogens is 2. The summed E-state index contributed by atoms with van der Waals surface area (Å²) in [5.41, 5.74) is 1.19. The number of hydrogen-bond donors (Lipinski definition) is 0. The van der Waals surface area contributed by atoms with Gasteiger partial charge in [0.1, 0.15) is 0 Å². The fourth-order valence-electron chi connectivity index (χ4n) is 1.76. The van der Waals surface area contributed by atoms with E-state index in [1.54, 1.807) is 7.11 Å². The molecule has 3 aromatic rings. The van der Waals surface area contributed by atoms with Crippen LogP contribution in [0.5, 0.6) is 5.75 Å². The summed E-state index contributed by atoms with van der Waals surface area (Å²) in [7, 11) is 1.72. The van der Waals surface area contributed by atoms with Crippen LogP contribution in [0.1, 0.15) is 0 Å². The summed E-state index contributed by atoms with van der Waals surface area (Å²) in [4.78, 5) is 4.38. The average Bonchev–Trinajstić information content (AvgIpc) is 2.93. The molecule has 2 heterocycles. The normalized spacial score (nSPS) is 10.9. The first-order valence-corrected chi connectivity index (χ1v) is 7.85. The van der Waals surface area contributed by atoms with Gasteiger partial charge in [0.2, 0.25) is 0 Å². The molecule has 0 aliphatic heterocycles.